The maximum absolute atomic E-state index is 14.3. The minimum absolute atomic E-state index is 0.0136. The second kappa shape index (κ2) is 7.33. The smallest absolute Gasteiger partial charge is 0.192 e. The molecule has 1 nitrogen and oxygen atoms in total. The highest BCUT2D eigenvalue weighted by atomic mass is 35.5. The van der Waals surface area contributed by atoms with Crippen LogP contribution in [0.3, 0.4) is 0 Å². The van der Waals surface area contributed by atoms with Crippen molar-refractivity contribution in [2.75, 3.05) is 0 Å². The Bertz CT molecular complexity index is 1110. The van der Waals surface area contributed by atoms with Gasteiger partial charge in [0.05, 0.1) is 17.2 Å². The zero-order valence-corrected chi connectivity index (χ0v) is 16.3. The van der Waals surface area contributed by atoms with Crippen molar-refractivity contribution in [1.29, 1.82) is 5.26 Å². The van der Waals surface area contributed by atoms with Crippen LogP contribution >= 0.6 is 11.6 Å². The van der Waals surface area contributed by atoms with Crippen LogP contribution < -0.4 is 0 Å². The molecular formula is C23H17ClF3N. The van der Waals surface area contributed by atoms with E-state index in [2.05, 4.69) is 0 Å². The molecule has 0 heterocycles. The van der Waals surface area contributed by atoms with E-state index in [0.717, 1.165) is 11.1 Å². The molecule has 5 heteroatoms. The molecule has 0 fully saturated rings. The summed E-state index contributed by atoms with van der Waals surface area (Å²) in [4.78, 5) is 0. The molecule has 0 aromatic heterocycles. The average Bonchev–Trinajstić information content (AvgIpc) is 2.62. The van der Waals surface area contributed by atoms with E-state index in [-0.39, 0.29) is 27.3 Å². The van der Waals surface area contributed by atoms with Gasteiger partial charge in [0.1, 0.15) is 0 Å². The molecule has 0 radical (unpaired) electrons. The molecule has 0 spiro atoms. The highest BCUT2D eigenvalue weighted by Crippen LogP contribution is 2.46. The molecule has 0 amide bonds. The number of hydrogen-bond donors (Lipinski definition) is 0. The van der Waals surface area contributed by atoms with E-state index in [4.69, 9.17) is 11.6 Å². The fourth-order valence-corrected chi connectivity index (χ4v) is 3.56. The highest BCUT2D eigenvalue weighted by molar-refractivity contribution is 6.33. The minimum Gasteiger partial charge on any atom is -0.192 e. The lowest BCUT2D eigenvalue weighted by atomic mass is 9.87. The SMILES string of the molecule is Cc1ccc(Cl)c(-c2cc(C)cc(-c3cc(C)ccc3C#N)c2C(F)(F)F)c1. The molecule has 3 rings (SSSR count). The molecule has 142 valence electrons. The summed E-state index contributed by atoms with van der Waals surface area (Å²) in [6.07, 6.45) is -4.62. The van der Waals surface area contributed by atoms with Crippen molar-refractivity contribution >= 4 is 11.6 Å². The van der Waals surface area contributed by atoms with Gasteiger partial charge in [0.25, 0.3) is 0 Å². The number of halogens is 4. The molecule has 0 aliphatic carbocycles. The summed E-state index contributed by atoms with van der Waals surface area (Å²) in [6, 6.07) is 14.9. The molecule has 0 saturated carbocycles. The number of hydrogen-bond acceptors (Lipinski definition) is 1. The third-order valence-electron chi connectivity index (χ3n) is 4.56. The lowest BCUT2D eigenvalue weighted by molar-refractivity contribution is -0.136. The fourth-order valence-electron chi connectivity index (χ4n) is 3.34. The van der Waals surface area contributed by atoms with Gasteiger partial charge < -0.3 is 0 Å². The van der Waals surface area contributed by atoms with E-state index >= 15 is 0 Å². The average molecular weight is 400 g/mol. The lowest BCUT2D eigenvalue weighted by Crippen LogP contribution is -2.11. The molecule has 28 heavy (non-hydrogen) atoms. The topological polar surface area (TPSA) is 23.8 Å². The Morgan fingerprint density at radius 1 is 0.750 bits per heavy atom. The van der Waals surface area contributed by atoms with Crippen molar-refractivity contribution in [3.63, 3.8) is 0 Å². The summed E-state index contributed by atoms with van der Waals surface area (Å²) in [7, 11) is 0. The van der Waals surface area contributed by atoms with Gasteiger partial charge in [0, 0.05) is 16.1 Å². The van der Waals surface area contributed by atoms with Gasteiger partial charge in [-0.1, -0.05) is 53.1 Å². The zero-order chi connectivity index (χ0) is 20.6. The van der Waals surface area contributed by atoms with E-state index in [1.807, 2.05) is 6.07 Å². The third kappa shape index (κ3) is 3.76. The van der Waals surface area contributed by atoms with Gasteiger partial charge in [-0.05, 0) is 55.7 Å². The predicted octanol–water partition coefficient (Wildman–Crippen LogP) is 7.49. The van der Waals surface area contributed by atoms with Crippen molar-refractivity contribution in [1.82, 2.24) is 0 Å². The number of nitriles is 1. The molecule has 0 aliphatic heterocycles. The summed E-state index contributed by atoms with van der Waals surface area (Å²) < 4.78 is 42.8. The Balaban J connectivity index is 2.47. The minimum atomic E-state index is -4.62. The van der Waals surface area contributed by atoms with Crippen LogP contribution in [-0.4, -0.2) is 0 Å². The fraction of sp³-hybridized carbons (Fsp3) is 0.174. The van der Waals surface area contributed by atoms with Gasteiger partial charge in [-0.3, -0.25) is 0 Å². The lowest BCUT2D eigenvalue weighted by Gasteiger charge is -2.21. The number of nitrogens with zero attached hydrogens (tertiary/aromatic N) is 1. The quantitative estimate of drug-likeness (QED) is 0.438. The predicted molar refractivity (Wildman–Crippen MR) is 106 cm³/mol. The van der Waals surface area contributed by atoms with Crippen LogP contribution in [0, 0.1) is 32.1 Å². The summed E-state index contributed by atoms with van der Waals surface area (Å²) in [6.45, 7) is 5.32. The van der Waals surface area contributed by atoms with Crippen molar-refractivity contribution in [3.8, 4) is 28.3 Å². The molecule has 3 aromatic carbocycles. The Morgan fingerprint density at radius 3 is 1.82 bits per heavy atom. The van der Waals surface area contributed by atoms with Gasteiger partial charge in [0.15, 0.2) is 0 Å². The summed E-state index contributed by atoms with van der Waals surface area (Å²) >= 11 is 6.27. The van der Waals surface area contributed by atoms with E-state index in [9.17, 15) is 18.4 Å². The Morgan fingerprint density at radius 2 is 1.25 bits per heavy atom. The summed E-state index contributed by atoms with van der Waals surface area (Å²) in [5, 5.41) is 9.70. The summed E-state index contributed by atoms with van der Waals surface area (Å²) in [5.74, 6) is 0. The van der Waals surface area contributed by atoms with E-state index < -0.39 is 11.7 Å². The molecule has 0 aliphatic rings. The van der Waals surface area contributed by atoms with E-state index in [1.165, 1.54) is 12.1 Å². The van der Waals surface area contributed by atoms with Gasteiger partial charge in [-0.15, -0.1) is 0 Å². The second-order valence-corrected chi connectivity index (χ2v) is 7.28. The van der Waals surface area contributed by atoms with Crippen LogP contribution in [0.25, 0.3) is 22.3 Å². The van der Waals surface area contributed by atoms with Crippen LogP contribution in [-0.2, 0) is 6.18 Å². The third-order valence-corrected chi connectivity index (χ3v) is 4.89. The number of aryl methyl sites for hydroxylation is 3. The van der Waals surface area contributed by atoms with E-state index in [1.54, 1.807) is 57.2 Å². The maximum Gasteiger partial charge on any atom is 0.417 e. The first kappa shape index (κ1) is 20.0. The standard InChI is InChI=1S/C23H17ClF3N/c1-13-4-6-16(12-28)17(8-13)19-10-15(3)11-20(22(19)23(25,26)27)18-9-14(2)5-7-21(18)24/h4-11H,1-3H3. The van der Waals surface area contributed by atoms with E-state index in [0.29, 0.717) is 11.1 Å². The second-order valence-electron chi connectivity index (χ2n) is 6.88. The Kier molecular flexibility index (Phi) is 5.23. The zero-order valence-electron chi connectivity index (χ0n) is 15.6. The van der Waals surface area contributed by atoms with Crippen LogP contribution in [0.4, 0.5) is 13.2 Å². The van der Waals surface area contributed by atoms with Crippen LogP contribution in [0.1, 0.15) is 27.8 Å². The van der Waals surface area contributed by atoms with Crippen LogP contribution in [0.2, 0.25) is 5.02 Å². The molecular weight excluding hydrogens is 383 g/mol. The van der Waals surface area contributed by atoms with Crippen molar-refractivity contribution < 1.29 is 13.2 Å². The Labute approximate surface area is 167 Å². The molecule has 3 aromatic rings. The first-order valence-electron chi connectivity index (χ1n) is 8.61. The number of benzene rings is 3. The molecule has 0 saturated heterocycles. The van der Waals surface area contributed by atoms with Gasteiger partial charge in [0.2, 0.25) is 0 Å². The van der Waals surface area contributed by atoms with Gasteiger partial charge >= 0.3 is 6.18 Å². The Hall–Kier alpha value is -2.77. The highest BCUT2D eigenvalue weighted by Gasteiger charge is 2.38. The number of rotatable bonds is 2. The van der Waals surface area contributed by atoms with Gasteiger partial charge in [-0.25, -0.2) is 0 Å². The van der Waals surface area contributed by atoms with Crippen molar-refractivity contribution in [2.45, 2.75) is 26.9 Å². The van der Waals surface area contributed by atoms with Crippen LogP contribution in [0.5, 0.6) is 0 Å². The van der Waals surface area contributed by atoms with Crippen molar-refractivity contribution in [3.05, 3.63) is 81.4 Å². The first-order valence-corrected chi connectivity index (χ1v) is 8.99. The van der Waals surface area contributed by atoms with Crippen LogP contribution in [0.15, 0.2) is 48.5 Å². The summed E-state index contributed by atoms with van der Waals surface area (Å²) in [5.41, 5.74) is 2.25. The maximum atomic E-state index is 14.3. The molecule has 0 N–H and O–H groups in total. The van der Waals surface area contributed by atoms with Crippen molar-refractivity contribution in [2.24, 2.45) is 0 Å². The molecule has 0 atom stereocenters. The number of alkyl halides is 3. The largest absolute Gasteiger partial charge is 0.417 e. The normalized spacial score (nSPS) is 11.4. The molecule has 0 unspecified atom stereocenters. The molecule has 0 bridgehead atoms. The first-order chi connectivity index (χ1) is 13.1. The van der Waals surface area contributed by atoms with Gasteiger partial charge in [-0.2, -0.15) is 18.4 Å². The monoisotopic (exact) mass is 399 g/mol.